The summed E-state index contributed by atoms with van der Waals surface area (Å²) < 4.78 is 4.78. The highest BCUT2D eigenvalue weighted by molar-refractivity contribution is 5.77. The molecule has 0 saturated heterocycles. The molecule has 0 heterocycles. The van der Waals surface area contributed by atoms with Crippen LogP contribution in [0, 0.1) is 5.41 Å². The number of nitrogens with two attached hydrogens (primary N) is 1. The van der Waals surface area contributed by atoms with E-state index >= 15 is 0 Å². The van der Waals surface area contributed by atoms with Gasteiger partial charge in [0.1, 0.15) is 0 Å². The normalized spacial score (nSPS) is 37.1. The Labute approximate surface area is 84.4 Å². The summed E-state index contributed by atoms with van der Waals surface area (Å²) in [4.78, 5) is 11.6. The van der Waals surface area contributed by atoms with Crippen LogP contribution in [0.5, 0.6) is 0 Å². The Morgan fingerprint density at radius 3 is 2.64 bits per heavy atom. The van der Waals surface area contributed by atoms with E-state index < -0.39 is 11.5 Å². The first-order valence-electron chi connectivity index (χ1n) is 5.08. The van der Waals surface area contributed by atoms with E-state index in [-0.39, 0.29) is 12.0 Å². The van der Waals surface area contributed by atoms with Gasteiger partial charge in [0.2, 0.25) is 0 Å². The first-order chi connectivity index (χ1) is 6.55. The van der Waals surface area contributed by atoms with E-state index in [0.29, 0.717) is 12.8 Å². The van der Waals surface area contributed by atoms with E-state index in [1.807, 2.05) is 6.92 Å². The van der Waals surface area contributed by atoms with Crippen LogP contribution in [0.25, 0.3) is 0 Å². The fraction of sp³-hybridized carbons (Fsp3) is 0.900. The average Bonchev–Trinajstić information content (AvgIpc) is 2.43. The molecule has 4 nitrogen and oxygen atoms in total. The summed E-state index contributed by atoms with van der Waals surface area (Å²) in [6, 6.07) is -0.291. The second-order valence-corrected chi connectivity index (χ2v) is 4.16. The second kappa shape index (κ2) is 4.28. The monoisotopic (exact) mass is 201 g/mol. The van der Waals surface area contributed by atoms with Crippen molar-refractivity contribution in [2.75, 3.05) is 7.11 Å². The molecule has 1 fully saturated rings. The fourth-order valence-electron chi connectivity index (χ4n) is 2.39. The van der Waals surface area contributed by atoms with Gasteiger partial charge in [-0.05, 0) is 19.3 Å². The van der Waals surface area contributed by atoms with Crippen LogP contribution in [0.15, 0.2) is 0 Å². The van der Waals surface area contributed by atoms with Crippen LogP contribution in [-0.4, -0.2) is 30.3 Å². The minimum atomic E-state index is -0.569. The molecule has 3 unspecified atom stereocenters. The zero-order valence-electron chi connectivity index (χ0n) is 8.82. The van der Waals surface area contributed by atoms with Crippen molar-refractivity contribution in [3.05, 3.63) is 0 Å². The highest BCUT2D eigenvalue weighted by Gasteiger charge is 2.48. The molecule has 0 spiro atoms. The third kappa shape index (κ3) is 1.91. The van der Waals surface area contributed by atoms with E-state index in [1.54, 1.807) is 0 Å². The van der Waals surface area contributed by atoms with Crippen molar-refractivity contribution < 1.29 is 14.6 Å². The van der Waals surface area contributed by atoms with Crippen molar-refractivity contribution in [1.29, 1.82) is 0 Å². The van der Waals surface area contributed by atoms with Gasteiger partial charge in [-0.1, -0.05) is 13.3 Å². The summed E-state index contributed by atoms with van der Waals surface area (Å²) in [5.41, 5.74) is 5.18. The Hall–Kier alpha value is -0.610. The summed E-state index contributed by atoms with van der Waals surface area (Å²) in [5.74, 6) is -0.230. The number of methoxy groups -OCH3 is 1. The van der Waals surface area contributed by atoms with Crippen LogP contribution in [0.1, 0.15) is 32.6 Å². The molecule has 0 aromatic carbocycles. The van der Waals surface area contributed by atoms with Crippen molar-refractivity contribution in [3.63, 3.8) is 0 Å². The first kappa shape index (κ1) is 11.5. The maximum atomic E-state index is 11.6. The van der Waals surface area contributed by atoms with Gasteiger partial charge in [0.25, 0.3) is 0 Å². The molecule has 14 heavy (non-hydrogen) atoms. The molecule has 0 amide bonds. The molecule has 0 aromatic rings. The third-order valence-corrected chi connectivity index (χ3v) is 3.07. The largest absolute Gasteiger partial charge is 0.469 e. The van der Waals surface area contributed by atoms with E-state index in [1.165, 1.54) is 7.11 Å². The summed E-state index contributed by atoms with van der Waals surface area (Å²) in [5, 5.41) is 9.57. The maximum Gasteiger partial charge on any atom is 0.311 e. The highest BCUT2D eigenvalue weighted by Crippen LogP contribution is 2.42. The molecule has 1 aliphatic rings. The number of carbonyl (C=O) groups excluding carboxylic acids is 1. The number of rotatable bonds is 3. The van der Waals surface area contributed by atoms with Gasteiger partial charge < -0.3 is 15.6 Å². The number of aliphatic hydroxyl groups excluding tert-OH is 1. The Morgan fingerprint density at radius 2 is 2.29 bits per heavy atom. The van der Waals surface area contributed by atoms with Gasteiger partial charge >= 0.3 is 5.97 Å². The fourth-order valence-corrected chi connectivity index (χ4v) is 2.39. The number of ether oxygens (including phenoxy) is 1. The number of hydrogen-bond donors (Lipinski definition) is 2. The SMILES string of the molecule is CCCC1(C(=O)OC)CC(N)C(O)C1. The van der Waals surface area contributed by atoms with Crippen molar-refractivity contribution in [3.8, 4) is 0 Å². The topological polar surface area (TPSA) is 72.5 Å². The lowest BCUT2D eigenvalue weighted by molar-refractivity contribution is -0.153. The predicted octanol–water partition coefficient (Wildman–Crippen LogP) is 0.428. The summed E-state index contributed by atoms with van der Waals surface area (Å²) in [6.45, 7) is 2.01. The summed E-state index contributed by atoms with van der Waals surface area (Å²) >= 11 is 0. The predicted molar refractivity (Wildman–Crippen MR) is 52.6 cm³/mol. The van der Waals surface area contributed by atoms with Gasteiger partial charge in [-0.2, -0.15) is 0 Å². The lowest BCUT2D eigenvalue weighted by atomic mass is 9.81. The molecule has 1 rings (SSSR count). The molecular formula is C10H19NO3. The number of hydrogen-bond acceptors (Lipinski definition) is 4. The molecule has 0 bridgehead atoms. The lowest BCUT2D eigenvalue weighted by Crippen LogP contribution is -2.31. The Balaban J connectivity index is 2.79. The molecule has 4 heteroatoms. The van der Waals surface area contributed by atoms with Gasteiger partial charge in [0.15, 0.2) is 0 Å². The van der Waals surface area contributed by atoms with Crippen LogP contribution in [0.4, 0.5) is 0 Å². The van der Waals surface area contributed by atoms with Crippen molar-refractivity contribution in [1.82, 2.24) is 0 Å². The van der Waals surface area contributed by atoms with E-state index in [0.717, 1.165) is 12.8 Å². The number of carbonyl (C=O) groups is 1. The molecule has 82 valence electrons. The minimum absolute atomic E-state index is 0.230. The molecular weight excluding hydrogens is 182 g/mol. The van der Waals surface area contributed by atoms with Gasteiger partial charge in [-0.3, -0.25) is 4.79 Å². The van der Waals surface area contributed by atoms with E-state index in [9.17, 15) is 9.90 Å². The molecule has 0 aromatic heterocycles. The Kier molecular flexibility index (Phi) is 3.50. The highest BCUT2D eigenvalue weighted by atomic mass is 16.5. The van der Waals surface area contributed by atoms with Crippen LogP contribution in [-0.2, 0) is 9.53 Å². The third-order valence-electron chi connectivity index (χ3n) is 3.07. The van der Waals surface area contributed by atoms with Crippen molar-refractivity contribution in [2.24, 2.45) is 11.1 Å². The van der Waals surface area contributed by atoms with Gasteiger partial charge in [-0.15, -0.1) is 0 Å². The van der Waals surface area contributed by atoms with Crippen LogP contribution < -0.4 is 5.73 Å². The number of esters is 1. The molecule has 0 radical (unpaired) electrons. The molecule has 1 saturated carbocycles. The van der Waals surface area contributed by atoms with Crippen molar-refractivity contribution in [2.45, 2.75) is 44.8 Å². The van der Waals surface area contributed by atoms with E-state index in [2.05, 4.69) is 0 Å². The van der Waals surface area contributed by atoms with Gasteiger partial charge in [0.05, 0.1) is 18.6 Å². The average molecular weight is 201 g/mol. The molecule has 1 aliphatic carbocycles. The molecule has 0 aliphatic heterocycles. The van der Waals surface area contributed by atoms with Crippen LogP contribution in [0.2, 0.25) is 0 Å². The quantitative estimate of drug-likeness (QED) is 0.649. The Bertz CT molecular complexity index is 207. The lowest BCUT2D eigenvalue weighted by Gasteiger charge is -2.25. The standard InChI is InChI=1S/C10H19NO3/c1-3-4-10(9(13)14-2)5-7(11)8(12)6-10/h7-8,12H,3-6,11H2,1-2H3. The maximum absolute atomic E-state index is 11.6. The van der Waals surface area contributed by atoms with Crippen molar-refractivity contribution >= 4 is 5.97 Å². The van der Waals surface area contributed by atoms with Crippen LogP contribution in [0.3, 0.4) is 0 Å². The summed E-state index contributed by atoms with van der Waals surface area (Å²) in [6.07, 6.45) is 2.04. The zero-order valence-corrected chi connectivity index (χ0v) is 8.82. The van der Waals surface area contributed by atoms with E-state index in [4.69, 9.17) is 10.5 Å². The second-order valence-electron chi connectivity index (χ2n) is 4.16. The first-order valence-corrected chi connectivity index (χ1v) is 5.08. The van der Waals surface area contributed by atoms with Crippen LogP contribution >= 0.6 is 0 Å². The zero-order chi connectivity index (χ0) is 10.8. The molecule has 3 atom stereocenters. The number of aliphatic hydroxyl groups is 1. The Morgan fingerprint density at radius 1 is 1.64 bits per heavy atom. The smallest absolute Gasteiger partial charge is 0.311 e. The minimum Gasteiger partial charge on any atom is -0.469 e. The molecule has 3 N–H and O–H groups in total. The van der Waals surface area contributed by atoms with Gasteiger partial charge in [0, 0.05) is 6.04 Å². The van der Waals surface area contributed by atoms with Gasteiger partial charge in [-0.25, -0.2) is 0 Å². The summed E-state index contributed by atoms with van der Waals surface area (Å²) in [7, 11) is 1.38.